The summed E-state index contributed by atoms with van der Waals surface area (Å²) in [4.78, 5) is 28.3. The van der Waals surface area contributed by atoms with Gasteiger partial charge in [-0.25, -0.2) is 9.36 Å². The van der Waals surface area contributed by atoms with E-state index >= 15 is 0 Å². The van der Waals surface area contributed by atoms with E-state index in [1.54, 1.807) is 19.1 Å². The number of phosphoric ester groups is 1. The number of esters is 1. The SMILES string of the molecule is CCOC(=O)c1ccc(COP(=O)(O)O)cc1. The van der Waals surface area contributed by atoms with Gasteiger partial charge in [0.05, 0.1) is 18.8 Å². The number of benzene rings is 1. The van der Waals surface area contributed by atoms with Gasteiger partial charge in [-0.05, 0) is 24.6 Å². The quantitative estimate of drug-likeness (QED) is 0.615. The summed E-state index contributed by atoms with van der Waals surface area (Å²) < 4.78 is 19.6. The molecule has 0 aliphatic rings. The molecule has 6 nitrogen and oxygen atoms in total. The van der Waals surface area contributed by atoms with Crippen LogP contribution < -0.4 is 0 Å². The van der Waals surface area contributed by atoms with Crippen LogP contribution in [0.1, 0.15) is 22.8 Å². The lowest BCUT2D eigenvalue weighted by molar-refractivity contribution is 0.0526. The van der Waals surface area contributed by atoms with E-state index in [-0.39, 0.29) is 6.61 Å². The summed E-state index contributed by atoms with van der Waals surface area (Å²) >= 11 is 0. The fourth-order valence-electron chi connectivity index (χ4n) is 1.11. The summed E-state index contributed by atoms with van der Waals surface area (Å²) in [5.74, 6) is -0.435. The average molecular weight is 260 g/mol. The molecule has 0 aliphatic carbocycles. The zero-order chi connectivity index (χ0) is 12.9. The molecule has 2 N–H and O–H groups in total. The van der Waals surface area contributed by atoms with E-state index in [0.29, 0.717) is 17.7 Å². The van der Waals surface area contributed by atoms with Gasteiger partial charge in [0, 0.05) is 0 Å². The van der Waals surface area contributed by atoms with E-state index in [1.165, 1.54) is 12.1 Å². The highest BCUT2D eigenvalue weighted by molar-refractivity contribution is 7.46. The first-order valence-electron chi connectivity index (χ1n) is 4.88. The monoisotopic (exact) mass is 260 g/mol. The van der Waals surface area contributed by atoms with E-state index in [1.807, 2.05) is 0 Å². The molecular formula is C10H13O6P. The molecule has 0 unspecified atom stereocenters. The van der Waals surface area contributed by atoms with Crippen molar-refractivity contribution in [2.24, 2.45) is 0 Å². The van der Waals surface area contributed by atoms with Gasteiger partial charge in [-0.3, -0.25) is 4.52 Å². The minimum atomic E-state index is -4.46. The number of phosphoric acid groups is 1. The van der Waals surface area contributed by atoms with Crippen LogP contribution >= 0.6 is 7.82 Å². The molecular weight excluding hydrogens is 247 g/mol. The van der Waals surface area contributed by atoms with Crippen LogP contribution in [0.3, 0.4) is 0 Å². The molecule has 0 bridgehead atoms. The molecule has 17 heavy (non-hydrogen) atoms. The Balaban J connectivity index is 2.62. The van der Waals surface area contributed by atoms with Crippen molar-refractivity contribution in [3.8, 4) is 0 Å². The van der Waals surface area contributed by atoms with Gasteiger partial charge in [-0.15, -0.1) is 0 Å². The molecule has 0 aliphatic heterocycles. The Labute approximate surface area is 98.4 Å². The van der Waals surface area contributed by atoms with Gasteiger partial charge in [0.15, 0.2) is 0 Å². The maximum absolute atomic E-state index is 11.3. The summed E-state index contributed by atoms with van der Waals surface area (Å²) in [6.45, 7) is 1.79. The summed E-state index contributed by atoms with van der Waals surface area (Å²) in [5, 5.41) is 0. The maximum atomic E-state index is 11.3. The van der Waals surface area contributed by atoms with Crippen molar-refractivity contribution >= 4 is 13.8 Å². The van der Waals surface area contributed by atoms with Crippen LogP contribution in [0, 0.1) is 0 Å². The number of hydrogen-bond donors (Lipinski definition) is 2. The van der Waals surface area contributed by atoms with Crippen LogP contribution in [0.15, 0.2) is 24.3 Å². The van der Waals surface area contributed by atoms with Gasteiger partial charge in [0.1, 0.15) is 0 Å². The number of ether oxygens (including phenoxy) is 1. The first-order valence-corrected chi connectivity index (χ1v) is 6.41. The van der Waals surface area contributed by atoms with Crippen molar-refractivity contribution < 1.29 is 28.4 Å². The zero-order valence-electron chi connectivity index (χ0n) is 9.20. The van der Waals surface area contributed by atoms with Crippen LogP contribution in [0.4, 0.5) is 0 Å². The third-order valence-electron chi connectivity index (χ3n) is 1.86. The van der Waals surface area contributed by atoms with Crippen molar-refractivity contribution in [2.45, 2.75) is 13.5 Å². The van der Waals surface area contributed by atoms with Gasteiger partial charge in [-0.2, -0.15) is 0 Å². The Hall–Kier alpha value is -1.20. The highest BCUT2D eigenvalue weighted by atomic mass is 31.2. The Morgan fingerprint density at radius 2 is 1.88 bits per heavy atom. The molecule has 0 saturated carbocycles. The fourth-order valence-corrected chi connectivity index (χ4v) is 1.43. The van der Waals surface area contributed by atoms with Gasteiger partial charge >= 0.3 is 13.8 Å². The number of rotatable bonds is 5. The van der Waals surface area contributed by atoms with Crippen molar-refractivity contribution in [2.75, 3.05) is 6.61 Å². The largest absolute Gasteiger partial charge is 0.469 e. The first-order chi connectivity index (χ1) is 7.92. The van der Waals surface area contributed by atoms with Crippen LogP contribution in [0.25, 0.3) is 0 Å². The van der Waals surface area contributed by atoms with Crippen LogP contribution in [-0.2, 0) is 20.4 Å². The normalized spacial score (nSPS) is 11.2. The second-order valence-corrected chi connectivity index (χ2v) is 4.42. The molecule has 0 fully saturated rings. The zero-order valence-corrected chi connectivity index (χ0v) is 10.1. The lowest BCUT2D eigenvalue weighted by atomic mass is 10.1. The van der Waals surface area contributed by atoms with Crippen LogP contribution in [0.5, 0.6) is 0 Å². The molecule has 1 aromatic carbocycles. The third kappa shape index (κ3) is 5.10. The Kier molecular flexibility index (Phi) is 4.84. The number of carbonyl (C=O) groups excluding carboxylic acids is 1. The molecule has 0 heterocycles. The smallest absolute Gasteiger partial charge is 0.462 e. The van der Waals surface area contributed by atoms with Crippen LogP contribution in [-0.4, -0.2) is 22.4 Å². The lowest BCUT2D eigenvalue weighted by Gasteiger charge is -2.06. The molecule has 0 saturated heterocycles. The molecule has 1 rings (SSSR count). The fraction of sp³-hybridized carbons (Fsp3) is 0.300. The second kappa shape index (κ2) is 5.93. The number of hydrogen-bond acceptors (Lipinski definition) is 4. The molecule has 1 aromatic rings. The summed E-state index contributed by atoms with van der Waals surface area (Å²) in [7, 11) is -4.46. The Morgan fingerprint density at radius 1 is 1.29 bits per heavy atom. The lowest BCUT2D eigenvalue weighted by Crippen LogP contribution is -2.04. The first kappa shape index (κ1) is 13.9. The van der Waals surface area contributed by atoms with Crippen molar-refractivity contribution in [3.63, 3.8) is 0 Å². The van der Waals surface area contributed by atoms with E-state index in [4.69, 9.17) is 14.5 Å². The predicted octanol–water partition coefficient (Wildman–Crippen LogP) is 1.47. The van der Waals surface area contributed by atoms with Crippen molar-refractivity contribution in [1.82, 2.24) is 0 Å². The van der Waals surface area contributed by atoms with Crippen molar-refractivity contribution in [1.29, 1.82) is 0 Å². The minimum Gasteiger partial charge on any atom is -0.462 e. The Morgan fingerprint density at radius 3 is 2.35 bits per heavy atom. The Bertz CT molecular complexity index is 421. The molecule has 0 radical (unpaired) electrons. The third-order valence-corrected chi connectivity index (χ3v) is 2.33. The van der Waals surface area contributed by atoms with Gasteiger partial charge in [0.2, 0.25) is 0 Å². The van der Waals surface area contributed by atoms with E-state index in [0.717, 1.165) is 0 Å². The van der Waals surface area contributed by atoms with E-state index < -0.39 is 13.8 Å². The molecule has 7 heteroatoms. The van der Waals surface area contributed by atoms with E-state index in [9.17, 15) is 9.36 Å². The van der Waals surface area contributed by atoms with Gasteiger partial charge < -0.3 is 14.5 Å². The van der Waals surface area contributed by atoms with Crippen LogP contribution in [0.2, 0.25) is 0 Å². The molecule has 94 valence electrons. The highest BCUT2D eigenvalue weighted by Crippen LogP contribution is 2.36. The topological polar surface area (TPSA) is 93.1 Å². The summed E-state index contributed by atoms with van der Waals surface area (Å²) in [6, 6.07) is 6.11. The standard InChI is InChI=1S/C10H13O6P/c1-2-15-10(11)9-5-3-8(4-6-9)7-16-17(12,13)14/h3-6H,2,7H2,1H3,(H2,12,13,14). The maximum Gasteiger partial charge on any atom is 0.469 e. The second-order valence-electron chi connectivity index (χ2n) is 3.18. The molecule has 0 spiro atoms. The summed E-state index contributed by atoms with van der Waals surface area (Å²) in [6.07, 6.45) is 0. The van der Waals surface area contributed by atoms with Crippen molar-refractivity contribution in [3.05, 3.63) is 35.4 Å². The van der Waals surface area contributed by atoms with E-state index in [2.05, 4.69) is 4.52 Å². The summed E-state index contributed by atoms with van der Waals surface area (Å²) in [5.41, 5.74) is 0.938. The molecule has 0 atom stereocenters. The van der Waals surface area contributed by atoms with Gasteiger partial charge in [0.25, 0.3) is 0 Å². The van der Waals surface area contributed by atoms with Gasteiger partial charge in [-0.1, -0.05) is 12.1 Å². The minimum absolute atomic E-state index is 0.215. The average Bonchev–Trinajstić information content (AvgIpc) is 2.26. The number of carbonyl (C=O) groups is 1. The highest BCUT2D eigenvalue weighted by Gasteiger charge is 2.13. The molecule has 0 aromatic heterocycles. The molecule has 0 amide bonds. The predicted molar refractivity (Wildman–Crippen MR) is 59.2 cm³/mol.